The summed E-state index contributed by atoms with van der Waals surface area (Å²) >= 11 is 3.99. The Kier molecular flexibility index (Phi) is 2.49. The Morgan fingerprint density at radius 1 is 1.36 bits per heavy atom. The zero-order valence-corrected chi connectivity index (χ0v) is 6.96. The predicted octanol–water partition coefficient (Wildman–Crippen LogP) is 2.82. The van der Waals surface area contributed by atoms with Crippen LogP contribution in [-0.2, 0) is 6.42 Å². The van der Waals surface area contributed by atoms with Crippen molar-refractivity contribution in [3.05, 3.63) is 29.3 Å². The van der Waals surface area contributed by atoms with Crippen LogP contribution in [0.3, 0.4) is 0 Å². The molecule has 0 spiro atoms. The van der Waals surface area contributed by atoms with E-state index >= 15 is 0 Å². The number of hydrogen-bond donors (Lipinski definition) is 1. The third kappa shape index (κ3) is 1.53. The second kappa shape index (κ2) is 3.22. The molecule has 11 heavy (non-hydrogen) atoms. The van der Waals surface area contributed by atoms with Crippen molar-refractivity contribution in [3.63, 3.8) is 0 Å². The van der Waals surface area contributed by atoms with Gasteiger partial charge in [-0.2, -0.15) is 0 Å². The van der Waals surface area contributed by atoms with Crippen LogP contribution in [0.1, 0.15) is 12.5 Å². The number of halogens is 2. The molecular formula is C8H8F2S. The van der Waals surface area contributed by atoms with Gasteiger partial charge in [-0.3, -0.25) is 0 Å². The van der Waals surface area contributed by atoms with Gasteiger partial charge in [-0.15, -0.1) is 12.6 Å². The first-order valence-electron chi connectivity index (χ1n) is 3.32. The van der Waals surface area contributed by atoms with Crippen LogP contribution in [0, 0.1) is 11.6 Å². The van der Waals surface area contributed by atoms with Crippen molar-refractivity contribution in [1.82, 2.24) is 0 Å². The highest BCUT2D eigenvalue weighted by atomic mass is 32.1. The molecule has 0 saturated carbocycles. The van der Waals surface area contributed by atoms with Crippen LogP contribution in [0.4, 0.5) is 8.78 Å². The van der Waals surface area contributed by atoms with Crippen LogP contribution in [0.5, 0.6) is 0 Å². The number of benzene rings is 1. The van der Waals surface area contributed by atoms with E-state index in [-0.39, 0.29) is 0 Å². The average molecular weight is 174 g/mol. The molecule has 0 N–H and O–H groups in total. The third-order valence-electron chi connectivity index (χ3n) is 1.52. The van der Waals surface area contributed by atoms with E-state index in [2.05, 4.69) is 12.6 Å². The molecule has 0 aliphatic carbocycles. The van der Waals surface area contributed by atoms with Gasteiger partial charge in [-0.1, -0.05) is 6.92 Å². The van der Waals surface area contributed by atoms with Crippen molar-refractivity contribution in [2.45, 2.75) is 18.2 Å². The lowest BCUT2D eigenvalue weighted by molar-refractivity contribution is 0.496. The van der Waals surface area contributed by atoms with Crippen LogP contribution in [0.2, 0.25) is 0 Å². The Labute approximate surface area is 69.6 Å². The van der Waals surface area contributed by atoms with E-state index in [1.165, 1.54) is 6.07 Å². The highest BCUT2D eigenvalue weighted by Gasteiger charge is 2.08. The lowest BCUT2D eigenvalue weighted by atomic mass is 10.1. The maximum Gasteiger partial charge on any atom is 0.163 e. The first kappa shape index (κ1) is 8.53. The molecule has 0 radical (unpaired) electrons. The lowest BCUT2D eigenvalue weighted by Crippen LogP contribution is -1.93. The zero-order chi connectivity index (χ0) is 8.43. The van der Waals surface area contributed by atoms with E-state index < -0.39 is 11.6 Å². The van der Waals surface area contributed by atoms with E-state index in [0.717, 1.165) is 6.07 Å². The summed E-state index contributed by atoms with van der Waals surface area (Å²) in [6.07, 6.45) is 0.461. The molecule has 0 fully saturated rings. The van der Waals surface area contributed by atoms with Crippen LogP contribution >= 0.6 is 12.6 Å². The summed E-state index contributed by atoms with van der Waals surface area (Å²) in [5, 5.41) is 0. The molecule has 0 heterocycles. The normalized spacial score (nSPS) is 10.2. The lowest BCUT2D eigenvalue weighted by Gasteiger charge is -2.02. The summed E-state index contributed by atoms with van der Waals surface area (Å²) in [5.74, 6) is -1.58. The maximum atomic E-state index is 12.8. The molecule has 0 nitrogen and oxygen atoms in total. The van der Waals surface area contributed by atoms with E-state index in [1.807, 2.05) is 0 Å². The molecule has 0 saturated heterocycles. The van der Waals surface area contributed by atoms with Crippen molar-refractivity contribution in [2.24, 2.45) is 0 Å². The molecule has 0 unspecified atom stereocenters. The summed E-state index contributed by atoms with van der Waals surface area (Å²) in [4.78, 5) is 0.506. The van der Waals surface area contributed by atoms with Crippen LogP contribution in [0.15, 0.2) is 17.0 Å². The van der Waals surface area contributed by atoms with Crippen molar-refractivity contribution in [3.8, 4) is 0 Å². The molecule has 1 aromatic rings. The summed E-state index contributed by atoms with van der Waals surface area (Å²) in [5.41, 5.74) is 0.341. The van der Waals surface area contributed by atoms with E-state index in [0.29, 0.717) is 16.9 Å². The minimum atomic E-state index is -0.806. The Bertz CT molecular complexity index is 271. The van der Waals surface area contributed by atoms with Gasteiger partial charge in [0.15, 0.2) is 11.6 Å². The minimum Gasteiger partial charge on any atom is -0.204 e. The molecule has 0 aliphatic rings. The van der Waals surface area contributed by atoms with Gasteiger partial charge in [-0.05, 0) is 18.6 Å². The fraction of sp³-hybridized carbons (Fsp3) is 0.250. The predicted molar refractivity (Wildman–Crippen MR) is 43.0 cm³/mol. The quantitative estimate of drug-likeness (QED) is 0.622. The summed E-state index contributed by atoms with van der Waals surface area (Å²) in [6.45, 7) is 1.76. The van der Waals surface area contributed by atoms with Crippen LogP contribution in [-0.4, -0.2) is 0 Å². The fourth-order valence-electron chi connectivity index (χ4n) is 0.919. The van der Waals surface area contributed by atoms with Crippen molar-refractivity contribution >= 4 is 12.6 Å². The van der Waals surface area contributed by atoms with Gasteiger partial charge in [0.1, 0.15) is 0 Å². The van der Waals surface area contributed by atoms with Gasteiger partial charge in [0.05, 0.1) is 0 Å². The topological polar surface area (TPSA) is 0 Å². The first-order valence-corrected chi connectivity index (χ1v) is 3.77. The number of rotatable bonds is 1. The van der Waals surface area contributed by atoms with Gasteiger partial charge >= 0.3 is 0 Å². The zero-order valence-electron chi connectivity index (χ0n) is 6.06. The molecule has 0 aliphatic heterocycles. The SMILES string of the molecule is CCc1c(S)ccc(F)c1F. The molecule has 0 bridgehead atoms. The van der Waals surface area contributed by atoms with Gasteiger partial charge in [0.2, 0.25) is 0 Å². The van der Waals surface area contributed by atoms with Crippen LogP contribution < -0.4 is 0 Å². The summed E-state index contributed by atoms with van der Waals surface area (Å²) in [6, 6.07) is 2.54. The van der Waals surface area contributed by atoms with E-state index in [4.69, 9.17) is 0 Å². The molecule has 1 rings (SSSR count). The van der Waals surface area contributed by atoms with Crippen molar-refractivity contribution in [1.29, 1.82) is 0 Å². The monoisotopic (exact) mass is 174 g/mol. The smallest absolute Gasteiger partial charge is 0.163 e. The molecule has 3 heteroatoms. The Morgan fingerprint density at radius 3 is 2.45 bits per heavy atom. The third-order valence-corrected chi connectivity index (χ3v) is 1.94. The average Bonchev–Trinajstić information content (AvgIpc) is 1.99. The highest BCUT2D eigenvalue weighted by Crippen LogP contribution is 2.19. The Morgan fingerprint density at radius 2 is 2.00 bits per heavy atom. The second-order valence-corrected chi connectivity index (χ2v) is 2.69. The van der Waals surface area contributed by atoms with Crippen molar-refractivity contribution < 1.29 is 8.78 Å². The summed E-state index contributed by atoms with van der Waals surface area (Å²) < 4.78 is 25.4. The fourth-order valence-corrected chi connectivity index (χ4v) is 1.25. The Hall–Kier alpha value is -0.570. The van der Waals surface area contributed by atoms with Gasteiger partial charge in [0, 0.05) is 10.5 Å². The van der Waals surface area contributed by atoms with Gasteiger partial charge < -0.3 is 0 Å². The molecular weight excluding hydrogens is 166 g/mol. The molecule has 0 atom stereocenters. The second-order valence-electron chi connectivity index (χ2n) is 2.21. The molecule has 0 aromatic heterocycles. The molecule has 60 valence electrons. The van der Waals surface area contributed by atoms with Gasteiger partial charge in [-0.25, -0.2) is 8.78 Å². The minimum absolute atomic E-state index is 0.341. The largest absolute Gasteiger partial charge is 0.204 e. The first-order chi connectivity index (χ1) is 5.16. The number of thiol groups is 1. The summed E-state index contributed by atoms with van der Waals surface area (Å²) in [7, 11) is 0. The van der Waals surface area contributed by atoms with E-state index in [9.17, 15) is 8.78 Å². The molecule has 1 aromatic carbocycles. The van der Waals surface area contributed by atoms with Crippen molar-refractivity contribution in [2.75, 3.05) is 0 Å². The number of hydrogen-bond acceptors (Lipinski definition) is 1. The van der Waals surface area contributed by atoms with Gasteiger partial charge in [0.25, 0.3) is 0 Å². The van der Waals surface area contributed by atoms with E-state index in [1.54, 1.807) is 6.92 Å². The standard InChI is InChI=1S/C8H8F2S/c1-2-5-7(11)4-3-6(9)8(5)10/h3-4,11H,2H2,1H3. The maximum absolute atomic E-state index is 12.8. The van der Waals surface area contributed by atoms with Crippen LogP contribution in [0.25, 0.3) is 0 Å². The molecule has 0 amide bonds. The highest BCUT2D eigenvalue weighted by molar-refractivity contribution is 7.80. The Balaban J connectivity index is 3.29.